The Balaban J connectivity index is 1.41. The van der Waals surface area contributed by atoms with E-state index >= 15 is 0 Å². The summed E-state index contributed by atoms with van der Waals surface area (Å²) in [6.45, 7) is 0. The van der Waals surface area contributed by atoms with E-state index < -0.39 is 5.66 Å². The van der Waals surface area contributed by atoms with E-state index in [2.05, 4.69) is 116 Å². The average Bonchev–Trinajstić information content (AvgIpc) is 3.56. The van der Waals surface area contributed by atoms with Gasteiger partial charge in [-0.05, 0) is 0 Å². The van der Waals surface area contributed by atoms with Crippen molar-refractivity contribution in [2.75, 3.05) is 0 Å². The molecule has 0 saturated heterocycles. The number of fused-ring (bicyclic) bond motifs is 2. The molecule has 5 aliphatic rings. The second-order valence-electron chi connectivity index (χ2n) is 11.8. The zero-order valence-corrected chi connectivity index (χ0v) is 25.2. The number of ether oxygens (including phenoxy) is 1. The molecule has 0 aliphatic carbocycles. The van der Waals surface area contributed by atoms with Gasteiger partial charge in [-0.1, -0.05) is 0 Å². The van der Waals surface area contributed by atoms with Crippen LogP contribution in [0.15, 0.2) is 97.3 Å². The van der Waals surface area contributed by atoms with E-state index in [9.17, 15) is 0 Å². The summed E-state index contributed by atoms with van der Waals surface area (Å²) in [4.78, 5) is 0. The molecule has 7 heteroatoms. The molecule has 0 N–H and O–H groups in total. The average molecular weight is 666 g/mol. The maximum absolute atomic E-state index is 6.97. The zero-order chi connectivity index (χ0) is 26.6. The summed E-state index contributed by atoms with van der Waals surface area (Å²) < 4.78 is 23.1. The number of rotatable bonds is 0. The van der Waals surface area contributed by atoms with Gasteiger partial charge >= 0.3 is 252 Å². The standard InChI is InChI=1S/C35H16N4OSe2/c1-5-17-19-11-13-21-27-31(19)38-29(17)23(7-1)41-25-9-3-15-36(33(25)38)35(27)28-22(40-21)14-12-20-18-6-2-8-24-30(18)39(32(20)28)34-26(42-24)10-4-16-37(34)35/h1-16H/q+2. The van der Waals surface area contributed by atoms with E-state index in [1.54, 1.807) is 0 Å². The number of nitrogens with zero attached hydrogens (tertiary/aromatic N) is 4. The molecule has 42 heavy (non-hydrogen) atoms. The van der Waals surface area contributed by atoms with Gasteiger partial charge in [0.05, 0.1) is 0 Å². The Morgan fingerprint density at radius 3 is 1.50 bits per heavy atom. The van der Waals surface area contributed by atoms with Gasteiger partial charge in [0.15, 0.2) is 0 Å². The van der Waals surface area contributed by atoms with Crippen LogP contribution in [0.1, 0.15) is 11.1 Å². The number of aromatic nitrogens is 4. The third-order valence-corrected chi connectivity index (χ3v) is 14.7. The van der Waals surface area contributed by atoms with E-state index in [0.29, 0.717) is 0 Å². The Labute approximate surface area is 250 Å². The molecule has 4 aromatic carbocycles. The molecule has 8 aromatic rings. The predicted octanol–water partition coefficient (Wildman–Crippen LogP) is 2.42. The third kappa shape index (κ3) is 1.81. The van der Waals surface area contributed by atoms with Gasteiger partial charge in [-0.15, -0.1) is 0 Å². The fourth-order valence-electron chi connectivity index (χ4n) is 8.80. The molecule has 0 saturated carbocycles. The summed E-state index contributed by atoms with van der Waals surface area (Å²) in [6, 6.07) is 32.1. The van der Waals surface area contributed by atoms with Gasteiger partial charge in [0.1, 0.15) is 0 Å². The zero-order valence-electron chi connectivity index (χ0n) is 21.8. The van der Waals surface area contributed by atoms with Crippen molar-refractivity contribution in [3.8, 4) is 23.1 Å². The van der Waals surface area contributed by atoms with Crippen LogP contribution in [0.3, 0.4) is 0 Å². The van der Waals surface area contributed by atoms with E-state index in [1.807, 2.05) is 0 Å². The Hall–Kier alpha value is -4.38. The molecule has 5 nitrogen and oxygen atoms in total. The van der Waals surface area contributed by atoms with E-state index in [4.69, 9.17) is 4.74 Å². The Bertz CT molecular complexity index is 2550. The normalized spacial score (nSPS) is 16.3. The monoisotopic (exact) mass is 668 g/mol. The van der Waals surface area contributed by atoms with E-state index in [0.717, 1.165) is 11.5 Å². The molecule has 0 radical (unpaired) electrons. The summed E-state index contributed by atoms with van der Waals surface area (Å²) in [5, 5.41) is 5.30. The number of pyridine rings is 2. The van der Waals surface area contributed by atoms with Crippen LogP contribution in [-0.4, -0.2) is 39.0 Å². The van der Waals surface area contributed by atoms with Gasteiger partial charge in [0.2, 0.25) is 0 Å². The SMILES string of the molecule is c1cc2c3c(c1)c1ccc4c5c1n3-c1c(ccc[n+]1C51c3c(ccc5c6cccc7c6n(c35)-c3c(ccc[n+]31)[Se]7)O4)[Se]2. The molecule has 4 aromatic heterocycles. The molecular weight excluding hydrogens is 650 g/mol. The van der Waals surface area contributed by atoms with Crippen molar-refractivity contribution in [3.63, 3.8) is 0 Å². The second kappa shape index (κ2) is 6.19. The molecule has 1 spiro atoms. The van der Waals surface area contributed by atoms with Crippen LogP contribution in [0.2, 0.25) is 0 Å². The van der Waals surface area contributed by atoms with Crippen LogP contribution >= 0.6 is 0 Å². The van der Waals surface area contributed by atoms with E-state index in [-0.39, 0.29) is 29.9 Å². The van der Waals surface area contributed by atoms with Gasteiger partial charge in [-0.2, -0.15) is 0 Å². The summed E-state index contributed by atoms with van der Waals surface area (Å²) >= 11 is 0.420. The van der Waals surface area contributed by atoms with Crippen LogP contribution in [-0.2, 0) is 5.66 Å². The first-order valence-electron chi connectivity index (χ1n) is 14.2. The Morgan fingerprint density at radius 1 is 0.500 bits per heavy atom. The summed E-state index contributed by atoms with van der Waals surface area (Å²) in [6.07, 6.45) is 4.66. The molecule has 0 fully saturated rings. The third-order valence-electron chi connectivity index (χ3n) is 10.1. The van der Waals surface area contributed by atoms with Crippen molar-refractivity contribution in [2.45, 2.75) is 5.66 Å². The Kier molecular flexibility index (Phi) is 3.02. The number of para-hydroxylation sites is 2. The van der Waals surface area contributed by atoms with Gasteiger partial charge in [0.25, 0.3) is 0 Å². The maximum atomic E-state index is 6.97. The first-order chi connectivity index (χ1) is 20.8. The first kappa shape index (κ1) is 20.5. The van der Waals surface area contributed by atoms with Crippen LogP contribution < -0.4 is 31.7 Å². The molecule has 9 heterocycles. The van der Waals surface area contributed by atoms with Crippen LogP contribution in [0, 0.1) is 0 Å². The van der Waals surface area contributed by atoms with Crippen LogP contribution in [0.5, 0.6) is 11.5 Å². The van der Waals surface area contributed by atoms with Crippen LogP contribution in [0.25, 0.3) is 55.2 Å². The second-order valence-corrected chi connectivity index (χ2v) is 16.3. The Morgan fingerprint density at radius 2 is 0.976 bits per heavy atom. The fourth-order valence-corrected chi connectivity index (χ4v) is 13.5. The molecule has 0 amide bonds. The van der Waals surface area contributed by atoms with Crippen molar-refractivity contribution in [1.29, 1.82) is 0 Å². The summed E-state index contributed by atoms with van der Waals surface area (Å²) in [7, 11) is 0. The van der Waals surface area contributed by atoms with Crippen LogP contribution in [0.4, 0.5) is 0 Å². The van der Waals surface area contributed by atoms with Gasteiger partial charge in [-0.25, -0.2) is 0 Å². The summed E-state index contributed by atoms with van der Waals surface area (Å²) in [5.41, 5.74) is 7.19. The van der Waals surface area contributed by atoms with Gasteiger partial charge < -0.3 is 0 Å². The van der Waals surface area contributed by atoms with Crippen molar-refractivity contribution in [3.05, 3.63) is 108 Å². The number of hydrogen-bond donors (Lipinski definition) is 0. The minimum absolute atomic E-state index is 0.210. The first-order valence-corrected chi connectivity index (χ1v) is 17.6. The van der Waals surface area contributed by atoms with Gasteiger partial charge in [-0.3, -0.25) is 0 Å². The van der Waals surface area contributed by atoms with Gasteiger partial charge in [0, 0.05) is 0 Å². The van der Waals surface area contributed by atoms with Crippen molar-refractivity contribution in [1.82, 2.24) is 9.13 Å². The summed E-state index contributed by atoms with van der Waals surface area (Å²) in [5.74, 6) is 4.52. The quantitative estimate of drug-likeness (QED) is 0.181. The molecule has 5 aliphatic heterocycles. The molecule has 0 bridgehead atoms. The molecule has 13 rings (SSSR count). The topological polar surface area (TPSA) is 26.8 Å². The van der Waals surface area contributed by atoms with Crippen molar-refractivity contribution >= 4 is 91.4 Å². The predicted molar refractivity (Wildman–Crippen MR) is 164 cm³/mol. The van der Waals surface area contributed by atoms with E-state index in [1.165, 1.54) is 84.2 Å². The molecule has 0 unspecified atom stereocenters. The molecular formula is C35H16N4OSe2+2. The fraction of sp³-hybridized carbons (Fsp3) is 0.0286. The van der Waals surface area contributed by atoms with Crippen molar-refractivity contribution in [2.24, 2.45) is 0 Å². The molecule has 0 atom stereocenters. The minimum atomic E-state index is -0.617. The number of hydrogen-bond acceptors (Lipinski definition) is 1. The van der Waals surface area contributed by atoms with Crippen molar-refractivity contribution < 1.29 is 13.9 Å². The number of benzene rings is 4. The molecule has 192 valence electrons.